The Morgan fingerprint density at radius 3 is 1.87 bits per heavy atom. The standard InChI is InChI=1S/C35H53N9O7S/c1-20-15-23(45)16-21(2)24(20)18-28(42-30(46)25(37)11-8-14-40-35(38)39)33(49)41-26(12-6-7-13-36)31(47)43-27(17-22-9-4-3-5-10-22)32(48)44-29(19-52)34(50)51/h3-5,9-10,15-16,25-29,45,52H,6-8,11-14,17-19,36-37H2,1-2H3,(H,41,49)(H,42,46)(H,43,47)(H,44,48)(H,50,51)(H4,38,39,40)/t25-,26-,27-,28-,29-/m0/s1. The van der Waals surface area contributed by atoms with Crippen LogP contribution in [0.2, 0.25) is 0 Å². The summed E-state index contributed by atoms with van der Waals surface area (Å²) in [7, 11) is 0. The van der Waals surface area contributed by atoms with Gasteiger partial charge in [-0.15, -0.1) is 0 Å². The molecule has 0 unspecified atom stereocenters. The molecule has 0 fully saturated rings. The van der Waals surface area contributed by atoms with Crippen LogP contribution in [0, 0.1) is 13.8 Å². The summed E-state index contributed by atoms with van der Waals surface area (Å²) in [4.78, 5) is 70.0. The molecular weight excluding hydrogens is 691 g/mol. The number of amides is 4. The van der Waals surface area contributed by atoms with Gasteiger partial charge in [0, 0.05) is 25.1 Å². The Hall–Kier alpha value is -4.87. The number of aryl methyl sites for hydroxylation is 2. The fourth-order valence-electron chi connectivity index (χ4n) is 5.46. The van der Waals surface area contributed by atoms with Gasteiger partial charge in [0.1, 0.15) is 29.9 Å². The quantitative estimate of drug-likeness (QED) is 0.0309. The second-order valence-corrected chi connectivity index (χ2v) is 12.9. The van der Waals surface area contributed by atoms with Crippen molar-refractivity contribution < 1.29 is 34.2 Å². The smallest absolute Gasteiger partial charge is 0.327 e. The van der Waals surface area contributed by atoms with Crippen molar-refractivity contribution >= 4 is 48.2 Å². The second-order valence-electron chi connectivity index (χ2n) is 12.6. The molecule has 0 heterocycles. The Labute approximate surface area is 309 Å². The molecule has 2 rings (SSSR count). The monoisotopic (exact) mass is 743 g/mol. The number of carbonyl (C=O) groups excluding carboxylic acids is 4. The average Bonchev–Trinajstić information content (AvgIpc) is 3.09. The molecule has 0 radical (unpaired) electrons. The molecule has 4 amide bonds. The number of aliphatic carboxylic acids is 1. The molecule has 0 spiro atoms. The number of rotatable bonds is 22. The number of benzene rings is 2. The fraction of sp³-hybridized carbons (Fsp3) is 0.486. The van der Waals surface area contributed by atoms with E-state index in [1.165, 1.54) is 12.1 Å². The van der Waals surface area contributed by atoms with E-state index in [0.29, 0.717) is 48.1 Å². The van der Waals surface area contributed by atoms with Crippen LogP contribution in [0.1, 0.15) is 54.4 Å². The van der Waals surface area contributed by atoms with E-state index in [9.17, 15) is 34.2 Å². The van der Waals surface area contributed by atoms with Crippen LogP contribution >= 0.6 is 12.6 Å². The van der Waals surface area contributed by atoms with Crippen LogP contribution in [-0.4, -0.2) is 94.8 Å². The highest BCUT2D eigenvalue weighted by atomic mass is 32.1. The Kier molecular flexibility index (Phi) is 18.4. The minimum absolute atomic E-state index is 0.00667. The molecule has 2 aromatic rings. The van der Waals surface area contributed by atoms with Gasteiger partial charge in [-0.3, -0.25) is 24.2 Å². The molecule has 0 aliphatic carbocycles. The number of unbranched alkanes of at least 4 members (excludes halogenated alkanes) is 1. The lowest BCUT2D eigenvalue weighted by Crippen LogP contribution is -2.59. The number of nitrogens with two attached hydrogens (primary N) is 4. The SMILES string of the molecule is Cc1cc(O)cc(C)c1C[C@H](NC(=O)[C@@H](N)CCCN=C(N)N)C(=O)N[C@@H](CCCCN)C(=O)N[C@@H](Cc1ccccc1)C(=O)N[C@@H](CS)C(=O)O. The molecule has 0 saturated carbocycles. The highest BCUT2D eigenvalue weighted by molar-refractivity contribution is 7.80. The highest BCUT2D eigenvalue weighted by Crippen LogP contribution is 2.22. The zero-order valence-electron chi connectivity index (χ0n) is 29.6. The number of carboxylic acid groups (broad SMARTS) is 1. The number of hydrogen-bond acceptors (Lipinski definition) is 10. The van der Waals surface area contributed by atoms with Gasteiger partial charge in [-0.2, -0.15) is 12.6 Å². The number of nitrogens with one attached hydrogen (secondary N) is 4. The van der Waals surface area contributed by atoms with E-state index in [0.717, 1.165) is 0 Å². The number of hydrogen-bond donors (Lipinski definition) is 11. The van der Waals surface area contributed by atoms with Gasteiger partial charge in [-0.1, -0.05) is 30.3 Å². The van der Waals surface area contributed by atoms with Crippen molar-refractivity contribution in [3.63, 3.8) is 0 Å². The highest BCUT2D eigenvalue weighted by Gasteiger charge is 2.32. The summed E-state index contributed by atoms with van der Waals surface area (Å²) in [6.07, 6.45) is 1.79. The lowest BCUT2D eigenvalue weighted by Gasteiger charge is -2.27. The summed E-state index contributed by atoms with van der Waals surface area (Å²) in [5, 5.41) is 30.2. The van der Waals surface area contributed by atoms with E-state index in [2.05, 4.69) is 38.9 Å². The van der Waals surface area contributed by atoms with Crippen molar-refractivity contribution in [2.24, 2.45) is 27.9 Å². The zero-order valence-corrected chi connectivity index (χ0v) is 30.5. The summed E-state index contributed by atoms with van der Waals surface area (Å²) in [5.41, 5.74) is 25.3. The van der Waals surface area contributed by atoms with Gasteiger partial charge >= 0.3 is 5.97 Å². The van der Waals surface area contributed by atoms with E-state index < -0.39 is 59.8 Å². The number of thiol groups is 1. The van der Waals surface area contributed by atoms with Gasteiger partial charge in [-0.05, 0) is 86.9 Å². The molecule has 5 atom stereocenters. The molecule has 0 aromatic heterocycles. The van der Waals surface area contributed by atoms with E-state index in [4.69, 9.17) is 22.9 Å². The number of aromatic hydroxyl groups is 1. The minimum atomic E-state index is -1.31. The van der Waals surface area contributed by atoms with Crippen molar-refractivity contribution in [2.75, 3.05) is 18.8 Å². The van der Waals surface area contributed by atoms with Gasteiger partial charge < -0.3 is 54.4 Å². The van der Waals surface area contributed by atoms with Crippen LogP contribution in [0.5, 0.6) is 5.75 Å². The van der Waals surface area contributed by atoms with Crippen molar-refractivity contribution in [1.82, 2.24) is 21.3 Å². The van der Waals surface area contributed by atoms with Crippen LogP contribution in [-0.2, 0) is 36.8 Å². The molecule has 52 heavy (non-hydrogen) atoms. The number of nitrogens with zero attached hydrogens (tertiary/aromatic N) is 1. The van der Waals surface area contributed by atoms with E-state index >= 15 is 0 Å². The third-order valence-corrected chi connectivity index (χ3v) is 8.68. The minimum Gasteiger partial charge on any atom is -0.508 e. The molecule has 2 aromatic carbocycles. The van der Waals surface area contributed by atoms with Crippen molar-refractivity contribution in [2.45, 2.75) is 89.0 Å². The average molecular weight is 744 g/mol. The summed E-state index contributed by atoms with van der Waals surface area (Å²) in [6, 6.07) is 6.03. The maximum Gasteiger partial charge on any atom is 0.327 e. The predicted molar refractivity (Wildman–Crippen MR) is 201 cm³/mol. The van der Waals surface area contributed by atoms with E-state index in [1.807, 2.05) is 0 Å². The largest absolute Gasteiger partial charge is 0.508 e. The summed E-state index contributed by atoms with van der Waals surface area (Å²) < 4.78 is 0. The number of carbonyl (C=O) groups is 5. The van der Waals surface area contributed by atoms with Gasteiger partial charge in [0.2, 0.25) is 23.6 Å². The lowest BCUT2D eigenvalue weighted by atomic mass is 9.95. The van der Waals surface area contributed by atoms with Crippen LogP contribution in [0.4, 0.5) is 0 Å². The van der Waals surface area contributed by atoms with Gasteiger partial charge in [0.25, 0.3) is 0 Å². The first-order valence-corrected chi connectivity index (χ1v) is 17.7. The number of guanidine groups is 1. The Balaban J connectivity index is 2.40. The normalized spacial score (nSPS) is 13.8. The third-order valence-electron chi connectivity index (χ3n) is 8.32. The molecule has 14 N–H and O–H groups in total. The van der Waals surface area contributed by atoms with Crippen molar-refractivity contribution in [3.8, 4) is 5.75 Å². The molecule has 286 valence electrons. The second kappa shape index (κ2) is 22.1. The van der Waals surface area contributed by atoms with Gasteiger partial charge in [0.15, 0.2) is 5.96 Å². The first-order valence-electron chi connectivity index (χ1n) is 17.1. The van der Waals surface area contributed by atoms with E-state index in [-0.39, 0.29) is 49.7 Å². The summed E-state index contributed by atoms with van der Waals surface area (Å²) in [5.74, 6) is -4.26. The van der Waals surface area contributed by atoms with Crippen molar-refractivity contribution in [1.29, 1.82) is 0 Å². The fourth-order valence-corrected chi connectivity index (χ4v) is 5.71. The van der Waals surface area contributed by atoms with Crippen LogP contribution in [0.15, 0.2) is 47.5 Å². The summed E-state index contributed by atoms with van der Waals surface area (Å²) >= 11 is 4.02. The molecule has 17 heteroatoms. The van der Waals surface area contributed by atoms with Gasteiger partial charge in [0.05, 0.1) is 6.04 Å². The predicted octanol–water partition coefficient (Wildman–Crippen LogP) is -0.742. The van der Waals surface area contributed by atoms with Crippen molar-refractivity contribution in [3.05, 3.63) is 64.7 Å². The molecule has 0 saturated heterocycles. The first kappa shape index (κ1) is 43.3. The molecule has 0 bridgehead atoms. The Morgan fingerprint density at radius 1 is 0.769 bits per heavy atom. The molecule has 0 aliphatic rings. The lowest BCUT2D eigenvalue weighted by molar-refractivity contribution is -0.141. The number of aliphatic imine (C=N–C) groups is 1. The topological polar surface area (TPSA) is 290 Å². The Bertz CT molecular complexity index is 1520. The molecule has 16 nitrogen and oxygen atoms in total. The third kappa shape index (κ3) is 14.8. The Morgan fingerprint density at radius 2 is 1.31 bits per heavy atom. The number of phenolic OH excluding ortho intramolecular Hbond substituents is 1. The van der Waals surface area contributed by atoms with Crippen LogP contribution in [0.3, 0.4) is 0 Å². The van der Waals surface area contributed by atoms with Gasteiger partial charge in [-0.25, -0.2) is 4.79 Å². The maximum atomic E-state index is 14.0. The number of carboxylic acids is 1. The van der Waals surface area contributed by atoms with E-state index in [1.54, 1.807) is 44.2 Å². The number of phenols is 1. The molecule has 0 aliphatic heterocycles. The molecular formula is C35H53N9O7S. The van der Waals surface area contributed by atoms with Crippen LogP contribution in [0.25, 0.3) is 0 Å². The first-order chi connectivity index (χ1) is 24.7. The summed E-state index contributed by atoms with van der Waals surface area (Å²) in [6.45, 7) is 4.12. The maximum absolute atomic E-state index is 14.0. The van der Waals surface area contributed by atoms with Crippen LogP contribution < -0.4 is 44.2 Å². The zero-order chi connectivity index (χ0) is 38.8.